The maximum absolute atomic E-state index is 11.8. The van der Waals surface area contributed by atoms with Gasteiger partial charge in [0.15, 0.2) is 21.2 Å². The number of hydrogen-bond acceptors (Lipinski definition) is 5. The Hall–Kier alpha value is -1.90. The van der Waals surface area contributed by atoms with Crippen LogP contribution >= 0.6 is 0 Å². The lowest BCUT2D eigenvalue weighted by Crippen LogP contribution is -2.44. The van der Waals surface area contributed by atoms with E-state index in [4.69, 9.17) is 5.11 Å². The number of rotatable bonds is 5. The summed E-state index contributed by atoms with van der Waals surface area (Å²) >= 11 is 0. The number of aromatic amines is 1. The van der Waals surface area contributed by atoms with Crippen molar-refractivity contribution in [1.29, 1.82) is 0 Å². The summed E-state index contributed by atoms with van der Waals surface area (Å²) < 4.78 is 21.8. The molecule has 0 aromatic carbocycles. The maximum Gasteiger partial charge on any atom is 0.354 e. The molecule has 0 unspecified atom stereocenters. The molecule has 1 aromatic rings. The minimum atomic E-state index is -3.35. The fourth-order valence-corrected chi connectivity index (χ4v) is 1.47. The molecular weight excluding hydrogens is 274 g/mol. The van der Waals surface area contributed by atoms with Gasteiger partial charge >= 0.3 is 5.97 Å². The molecule has 0 radical (unpaired) electrons. The second-order valence-corrected chi connectivity index (χ2v) is 7.30. The number of imidazole rings is 1. The van der Waals surface area contributed by atoms with Gasteiger partial charge in [0.25, 0.3) is 5.91 Å². The molecule has 0 atom stereocenters. The van der Waals surface area contributed by atoms with Gasteiger partial charge in [-0.1, -0.05) is 0 Å². The Labute approximate surface area is 110 Å². The molecule has 0 aliphatic carbocycles. The van der Waals surface area contributed by atoms with E-state index in [1.165, 1.54) is 13.8 Å². The highest BCUT2D eigenvalue weighted by Gasteiger charge is 2.31. The van der Waals surface area contributed by atoms with Crippen LogP contribution in [0, 0.1) is 0 Å². The number of nitrogens with one attached hydrogen (secondary N) is 2. The highest BCUT2D eigenvalue weighted by atomic mass is 32.2. The topological polar surface area (TPSA) is 129 Å². The first-order chi connectivity index (χ1) is 8.56. The number of carboxylic acids is 1. The maximum atomic E-state index is 11.8. The largest absolute Gasteiger partial charge is 0.477 e. The van der Waals surface area contributed by atoms with Crippen molar-refractivity contribution in [3.05, 3.63) is 17.7 Å². The van der Waals surface area contributed by atoms with Crippen LogP contribution < -0.4 is 5.32 Å². The summed E-state index contributed by atoms with van der Waals surface area (Å²) in [5.74, 6) is -2.06. The third-order valence-electron chi connectivity index (χ3n) is 2.75. The summed E-state index contributed by atoms with van der Waals surface area (Å²) in [5.41, 5.74) is -0.619. The van der Waals surface area contributed by atoms with Gasteiger partial charge in [-0.2, -0.15) is 0 Å². The van der Waals surface area contributed by atoms with Gasteiger partial charge in [0.2, 0.25) is 0 Å². The lowest BCUT2D eigenvalue weighted by Gasteiger charge is -2.22. The average Bonchev–Trinajstić information content (AvgIpc) is 2.73. The first kappa shape index (κ1) is 15.2. The molecule has 0 aliphatic heterocycles. The van der Waals surface area contributed by atoms with Crippen molar-refractivity contribution in [3.63, 3.8) is 0 Å². The Balaban J connectivity index is 2.82. The van der Waals surface area contributed by atoms with Crippen LogP contribution in [0.25, 0.3) is 0 Å². The van der Waals surface area contributed by atoms with Crippen LogP contribution in [-0.2, 0) is 9.84 Å². The van der Waals surface area contributed by atoms with Crippen molar-refractivity contribution in [3.8, 4) is 0 Å². The van der Waals surface area contributed by atoms with Gasteiger partial charge in [-0.05, 0) is 13.8 Å². The zero-order valence-electron chi connectivity index (χ0n) is 10.7. The van der Waals surface area contributed by atoms with Crippen LogP contribution in [0.3, 0.4) is 0 Å². The minimum Gasteiger partial charge on any atom is -0.477 e. The van der Waals surface area contributed by atoms with Gasteiger partial charge in [-0.25, -0.2) is 18.2 Å². The molecule has 1 rings (SSSR count). The molecule has 9 heteroatoms. The Morgan fingerprint density at radius 2 is 2.05 bits per heavy atom. The summed E-state index contributed by atoms with van der Waals surface area (Å²) in [6.45, 7) is 2.78. The third kappa shape index (κ3) is 3.31. The molecule has 0 bridgehead atoms. The number of carbonyl (C=O) groups is 2. The highest BCUT2D eigenvalue weighted by Crippen LogP contribution is 2.13. The number of aromatic nitrogens is 2. The minimum absolute atomic E-state index is 0.142. The van der Waals surface area contributed by atoms with Crippen molar-refractivity contribution >= 4 is 21.7 Å². The van der Waals surface area contributed by atoms with E-state index in [0.717, 1.165) is 12.6 Å². The number of amides is 1. The standard InChI is InChI=1S/C10H15N3O5S/c1-10(2,19(3,17)18)4-11-8(14)6-7(9(15)16)13-5-12-6/h5H,4H2,1-3H3,(H,11,14)(H,12,13)(H,15,16). The van der Waals surface area contributed by atoms with Crippen molar-refractivity contribution in [2.75, 3.05) is 12.8 Å². The zero-order chi connectivity index (χ0) is 14.8. The summed E-state index contributed by atoms with van der Waals surface area (Å²) in [5, 5.41) is 11.2. The monoisotopic (exact) mass is 289 g/mol. The molecule has 106 valence electrons. The molecule has 19 heavy (non-hydrogen) atoms. The highest BCUT2D eigenvalue weighted by molar-refractivity contribution is 7.92. The summed E-state index contributed by atoms with van der Waals surface area (Å²) in [4.78, 5) is 28.5. The van der Waals surface area contributed by atoms with E-state index in [9.17, 15) is 18.0 Å². The van der Waals surface area contributed by atoms with E-state index in [1.54, 1.807) is 0 Å². The molecule has 0 fully saturated rings. The molecule has 1 aromatic heterocycles. The van der Waals surface area contributed by atoms with Crippen molar-refractivity contribution in [2.45, 2.75) is 18.6 Å². The number of carboxylic acid groups (broad SMARTS) is 1. The molecule has 3 N–H and O–H groups in total. The van der Waals surface area contributed by atoms with Gasteiger partial charge < -0.3 is 15.4 Å². The average molecular weight is 289 g/mol. The third-order valence-corrected chi connectivity index (χ3v) is 4.90. The molecule has 1 amide bonds. The lowest BCUT2D eigenvalue weighted by atomic mass is 10.2. The van der Waals surface area contributed by atoms with Gasteiger partial charge in [0.05, 0.1) is 11.1 Å². The predicted molar refractivity (Wildman–Crippen MR) is 66.8 cm³/mol. The second-order valence-electron chi connectivity index (χ2n) is 4.65. The Kier molecular flexibility index (Phi) is 3.99. The number of hydrogen-bond donors (Lipinski definition) is 3. The fraction of sp³-hybridized carbons (Fsp3) is 0.500. The van der Waals surface area contributed by atoms with E-state index in [1.807, 2.05) is 0 Å². The number of H-pyrrole nitrogens is 1. The smallest absolute Gasteiger partial charge is 0.354 e. The quantitative estimate of drug-likeness (QED) is 0.680. The van der Waals surface area contributed by atoms with E-state index < -0.39 is 26.5 Å². The van der Waals surface area contributed by atoms with Gasteiger partial charge in [-0.3, -0.25) is 4.79 Å². The van der Waals surface area contributed by atoms with Crippen LogP contribution in [-0.4, -0.2) is 52.9 Å². The number of aromatic carboxylic acids is 1. The number of sulfone groups is 1. The number of carbonyl (C=O) groups excluding carboxylic acids is 1. The fourth-order valence-electron chi connectivity index (χ4n) is 1.14. The van der Waals surface area contributed by atoms with Gasteiger partial charge in [-0.15, -0.1) is 0 Å². The summed E-state index contributed by atoms with van der Waals surface area (Å²) in [7, 11) is -3.35. The van der Waals surface area contributed by atoms with E-state index >= 15 is 0 Å². The summed E-state index contributed by atoms with van der Waals surface area (Å²) in [6.07, 6.45) is 2.15. The first-order valence-electron chi connectivity index (χ1n) is 5.31. The van der Waals surface area contributed by atoms with Gasteiger partial charge in [0, 0.05) is 12.8 Å². The van der Waals surface area contributed by atoms with Gasteiger partial charge in [0.1, 0.15) is 0 Å². The van der Waals surface area contributed by atoms with Crippen LogP contribution in [0.4, 0.5) is 0 Å². The molecule has 1 heterocycles. The van der Waals surface area contributed by atoms with Crippen molar-refractivity contribution in [1.82, 2.24) is 15.3 Å². The van der Waals surface area contributed by atoms with Crippen LogP contribution in [0.5, 0.6) is 0 Å². The first-order valence-corrected chi connectivity index (χ1v) is 7.20. The van der Waals surface area contributed by atoms with Crippen LogP contribution in [0.1, 0.15) is 34.8 Å². The SMILES string of the molecule is CC(C)(CNC(=O)c1nc[nH]c1C(=O)O)S(C)(=O)=O. The molecule has 0 saturated heterocycles. The Bertz CT molecular complexity index is 602. The summed E-state index contributed by atoms with van der Waals surface area (Å²) in [6, 6.07) is 0. The molecule has 0 spiro atoms. The Morgan fingerprint density at radius 1 is 1.47 bits per heavy atom. The van der Waals surface area contributed by atoms with E-state index in [2.05, 4.69) is 15.3 Å². The zero-order valence-corrected chi connectivity index (χ0v) is 11.5. The van der Waals surface area contributed by atoms with E-state index in [0.29, 0.717) is 0 Å². The predicted octanol–water partition coefficient (Wildman–Crippen LogP) is -0.339. The Morgan fingerprint density at radius 3 is 2.53 bits per heavy atom. The van der Waals surface area contributed by atoms with Crippen molar-refractivity contribution < 1.29 is 23.1 Å². The van der Waals surface area contributed by atoms with E-state index in [-0.39, 0.29) is 17.9 Å². The van der Waals surface area contributed by atoms with Crippen LogP contribution in [0.15, 0.2) is 6.33 Å². The normalized spacial score (nSPS) is 12.2. The lowest BCUT2D eigenvalue weighted by molar-refractivity contribution is 0.0685. The molecule has 0 saturated carbocycles. The van der Waals surface area contributed by atoms with Crippen molar-refractivity contribution in [2.24, 2.45) is 0 Å². The molecule has 8 nitrogen and oxygen atoms in total. The molecule has 0 aliphatic rings. The molecular formula is C10H15N3O5S. The van der Waals surface area contributed by atoms with Crippen LogP contribution in [0.2, 0.25) is 0 Å². The second kappa shape index (κ2) is 5.00. The number of nitrogens with zero attached hydrogens (tertiary/aromatic N) is 1.